The lowest BCUT2D eigenvalue weighted by Gasteiger charge is -2.36. The number of aromatic nitrogens is 2. The molecule has 0 radical (unpaired) electrons. The molecule has 8 heteroatoms. The molecule has 0 aliphatic heterocycles. The van der Waals surface area contributed by atoms with E-state index in [4.69, 9.17) is 0 Å². The molecule has 128 valence electrons. The predicted octanol–water partition coefficient (Wildman–Crippen LogP) is 2.55. The maximum Gasteiger partial charge on any atom is 0.416 e. The molecule has 1 aliphatic carbocycles. The summed E-state index contributed by atoms with van der Waals surface area (Å²) >= 11 is 0. The largest absolute Gasteiger partial charge is 0.507 e. The van der Waals surface area contributed by atoms with E-state index in [-0.39, 0.29) is 17.7 Å². The summed E-state index contributed by atoms with van der Waals surface area (Å²) in [4.78, 5) is 16.4. The van der Waals surface area contributed by atoms with Gasteiger partial charge in [-0.1, -0.05) is 0 Å². The van der Waals surface area contributed by atoms with Crippen LogP contribution in [0.25, 0.3) is 11.1 Å². The van der Waals surface area contributed by atoms with Crippen molar-refractivity contribution in [3.63, 3.8) is 0 Å². The molecular weight excluding hydrogens is 325 g/mol. The molecule has 1 aromatic heterocycles. The Labute approximate surface area is 135 Å². The van der Waals surface area contributed by atoms with Crippen molar-refractivity contribution in [3.8, 4) is 16.9 Å². The van der Waals surface area contributed by atoms with Gasteiger partial charge in [-0.15, -0.1) is 0 Å². The number of halogens is 3. The summed E-state index contributed by atoms with van der Waals surface area (Å²) in [5, 5.41) is 20.1. The number of aliphatic hydroxyl groups is 1. The zero-order valence-corrected chi connectivity index (χ0v) is 12.5. The molecule has 0 saturated heterocycles. The number of nitrogens with zero attached hydrogens (tertiary/aromatic N) is 2. The van der Waals surface area contributed by atoms with Gasteiger partial charge in [0.05, 0.1) is 29.6 Å². The number of phenolic OH excluding ortho intramolecular Hbond substituents is 1. The van der Waals surface area contributed by atoms with Gasteiger partial charge in [-0.05, 0) is 37.5 Å². The Kier molecular flexibility index (Phi) is 3.87. The van der Waals surface area contributed by atoms with Crippen molar-refractivity contribution >= 4 is 0 Å². The van der Waals surface area contributed by atoms with Crippen LogP contribution in [0.15, 0.2) is 35.5 Å². The monoisotopic (exact) mass is 340 g/mol. The summed E-state index contributed by atoms with van der Waals surface area (Å²) in [6.45, 7) is 0.0636. The van der Waals surface area contributed by atoms with Gasteiger partial charge in [-0.3, -0.25) is 9.36 Å². The van der Waals surface area contributed by atoms with Crippen LogP contribution in [0.5, 0.6) is 5.75 Å². The fourth-order valence-electron chi connectivity index (χ4n) is 2.74. The van der Waals surface area contributed by atoms with E-state index in [0.29, 0.717) is 18.9 Å². The molecule has 0 spiro atoms. The van der Waals surface area contributed by atoms with Gasteiger partial charge in [0, 0.05) is 11.8 Å². The Morgan fingerprint density at radius 3 is 2.50 bits per heavy atom. The van der Waals surface area contributed by atoms with Crippen LogP contribution in [0.2, 0.25) is 0 Å². The Balaban J connectivity index is 2.00. The molecule has 0 bridgehead atoms. The van der Waals surface area contributed by atoms with Crippen LogP contribution in [0.4, 0.5) is 13.2 Å². The number of phenols is 1. The van der Waals surface area contributed by atoms with Crippen LogP contribution in [0.1, 0.15) is 24.8 Å². The van der Waals surface area contributed by atoms with E-state index in [1.807, 2.05) is 0 Å². The number of benzene rings is 1. The van der Waals surface area contributed by atoms with Gasteiger partial charge in [-0.25, -0.2) is 4.98 Å². The lowest BCUT2D eigenvalue weighted by molar-refractivity contribution is -0.137. The third-order valence-electron chi connectivity index (χ3n) is 4.27. The van der Waals surface area contributed by atoms with Crippen molar-refractivity contribution in [1.29, 1.82) is 0 Å². The first kappa shape index (κ1) is 16.5. The van der Waals surface area contributed by atoms with E-state index in [1.54, 1.807) is 0 Å². The Hall–Kier alpha value is -2.35. The maximum absolute atomic E-state index is 12.7. The smallest absolute Gasteiger partial charge is 0.416 e. The van der Waals surface area contributed by atoms with Crippen molar-refractivity contribution < 1.29 is 23.4 Å². The fourth-order valence-corrected chi connectivity index (χ4v) is 2.74. The minimum Gasteiger partial charge on any atom is -0.507 e. The first-order valence-corrected chi connectivity index (χ1v) is 7.37. The highest BCUT2D eigenvalue weighted by Gasteiger charge is 2.35. The van der Waals surface area contributed by atoms with Gasteiger partial charge in [0.25, 0.3) is 5.56 Å². The lowest BCUT2D eigenvalue weighted by atomic mass is 9.80. The molecule has 1 heterocycles. The van der Waals surface area contributed by atoms with Crippen LogP contribution in [0, 0.1) is 0 Å². The van der Waals surface area contributed by atoms with E-state index in [9.17, 15) is 28.2 Å². The second kappa shape index (κ2) is 5.62. The summed E-state index contributed by atoms with van der Waals surface area (Å²) in [5.41, 5.74) is -2.54. The molecule has 0 atom stereocenters. The second-order valence-corrected chi connectivity index (χ2v) is 6.05. The van der Waals surface area contributed by atoms with Gasteiger partial charge in [0.2, 0.25) is 0 Å². The van der Waals surface area contributed by atoms with Crippen LogP contribution in [-0.4, -0.2) is 25.4 Å². The first-order valence-electron chi connectivity index (χ1n) is 7.37. The van der Waals surface area contributed by atoms with Crippen LogP contribution in [0.3, 0.4) is 0 Å². The number of alkyl halides is 3. The molecule has 3 rings (SSSR count). The highest BCUT2D eigenvalue weighted by atomic mass is 19.4. The molecule has 5 nitrogen and oxygen atoms in total. The second-order valence-electron chi connectivity index (χ2n) is 6.05. The van der Waals surface area contributed by atoms with Gasteiger partial charge >= 0.3 is 6.18 Å². The normalized spacial score (nSPS) is 16.7. The molecule has 2 aromatic rings. The van der Waals surface area contributed by atoms with Crippen LogP contribution < -0.4 is 5.56 Å². The molecule has 2 N–H and O–H groups in total. The van der Waals surface area contributed by atoms with Gasteiger partial charge in [0.1, 0.15) is 5.75 Å². The Bertz CT molecular complexity index is 826. The summed E-state index contributed by atoms with van der Waals surface area (Å²) in [7, 11) is 0. The van der Waals surface area contributed by atoms with Crippen LogP contribution in [-0.2, 0) is 12.7 Å². The average molecular weight is 340 g/mol. The third-order valence-corrected chi connectivity index (χ3v) is 4.27. The van der Waals surface area contributed by atoms with E-state index in [2.05, 4.69) is 4.98 Å². The zero-order chi connectivity index (χ0) is 17.5. The van der Waals surface area contributed by atoms with E-state index < -0.39 is 28.6 Å². The number of rotatable bonds is 3. The molecule has 1 fully saturated rings. The minimum atomic E-state index is -4.58. The van der Waals surface area contributed by atoms with Crippen molar-refractivity contribution in [2.75, 3.05) is 0 Å². The fraction of sp³-hybridized carbons (Fsp3) is 0.375. The number of hydrogen-bond donors (Lipinski definition) is 2. The quantitative estimate of drug-likeness (QED) is 0.900. The Morgan fingerprint density at radius 1 is 1.25 bits per heavy atom. The zero-order valence-electron chi connectivity index (χ0n) is 12.5. The molecule has 1 saturated carbocycles. The van der Waals surface area contributed by atoms with Gasteiger partial charge in [0.15, 0.2) is 0 Å². The number of aromatic hydroxyl groups is 1. The van der Waals surface area contributed by atoms with Gasteiger partial charge in [-0.2, -0.15) is 13.2 Å². The molecule has 0 amide bonds. The average Bonchev–Trinajstić information content (AvgIpc) is 2.47. The van der Waals surface area contributed by atoms with Crippen molar-refractivity contribution in [2.24, 2.45) is 0 Å². The predicted molar refractivity (Wildman–Crippen MR) is 79.4 cm³/mol. The molecular formula is C16H15F3N2O3. The summed E-state index contributed by atoms with van der Waals surface area (Å²) in [6, 6.07) is 2.41. The van der Waals surface area contributed by atoms with E-state index in [1.165, 1.54) is 17.1 Å². The maximum atomic E-state index is 12.7. The van der Waals surface area contributed by atoms with E-state index in [0.717, 1.165) is 18.6 Å². The SMILES string of the molecule is O=c1c(-c2ccc(C(F)(F)F)cc2O)cncn1CC1(O)CCC1. The molecule has 1 aromatic carbocycles. The molecule has 1 aliphatic rings. The van der Waals surface area contributed by atoms with Crippen molar-refractivity contribution in [1.82, 2.24) is 9.55 Å². The highest BCUT2D eigenvalue weighted by Crippen LogP contribution is 2.36. The van der Waals surface area contributed by atoms with E-state index >= 15 is 0 Å². The van der Waals surface area contributed by atoms with Gasteiger partial charge < -0.3 is 10.2 Å². The first-order chi connectivity index (χ1) is 11.2. The standard InChI is InChI=1S/C16H15F3N2O3/c17-16(18,19)10-2-3-11(13(22)6-10)12-7-20-9-21(14(12)23)8-15(24)4-1-5-15/h2-3,6-7,9,22,24H,1,4-5,8H2. The minimum absolute atomic E-state index is 0.0216. The van der Waals surface area contributed by atoms with Crippen molar-refractivity contribution in [3.05, 3.63) is 46.6 Å². The summed E-state index contributed by atoms with van der Waals surface area (Å²) < 4.78 is 39.2. The Morgan fingerprint density at radius 2 is 1.96 bits per heavy atom. The van der Waals surface area contributed by atoms with Crippen LogP contribution >= 0.6 is 0 Å². The number of hydrogen-bond acceptors (Lipinski definition) is 4. The summed E-state index contributed by atoms with van der Waals surface area (Å²) in [5.74, 6) is -0.649. The summed E-state index contributed by atoms with van der Waals surface area (Å²) in [6.07, 6.45) is -0.101. The highest BCUT2D eigenvalue weighted by molar-refractivity contribution is 5.69. The lowest BCUT2D eigenvalue weighted by Crippen LogP contribution is -2.43. The third kappa shape index (κ3) is 3.01. The molecule has 24 heavy (non-hydrogen) atoms. The molecule has 0 unspecified atom stereocenters. The topological polar surface area (TPSA) is 75.3 Å². The van der Waals surface area contributed by atoms with Crippen molar-refractivity contribution in [2.45, 2.75) is 37.6 Å².